The summed E-state index contributed by atoms with van der Waals surface area (Å²) in [5.41, 5.74) is 9.49. The first kappa shape index (κ1) is 17.7. The third-order valence-corrected chi connectivity index (χ3v) is 3.71. The van der Waals surface area contributed by atoms with Crippen LogP contribution in [0.4, 0.5) is 5.69 Å². The number of nitrogens with two attached hydrogens (primary N) is 1. The Kier molecular flexibility index (Phi) is 6.56. The molecule has 0 saturated carbocycles. The van der Waals surface area contributed by atoms with Crippen LogP contribution in [0.1, 0.15) is 24.8 Å². The van der Waals surface area contributed by atoms with Gasteiger partial charge in [-0.25, -0.2) is 5.01 Å². The first-order valence-corrected chi connectivity index (χ1v) is 8.04. The minimum absolute atomic E-state index is 0.0301. The summed E-state index contributed by atoms with van der Waals surface area (Å²) in [6, 6.07) is 6.95. The number of amidine groups is 1. The summed E-state index contributed by atoms with van der Waals surface area (Å²) >= 11 is 0. The molecule has 0 aromatic heterocycles. The minimum Gasteiger partial charge on any atom is -0.384 e. The molecule has 0 spiro atoms. The molecule has 6 N–H and O–H groups in total. The van der Waals surface area contributed by atoms with Gasteiger partial charge in [0, 0.05) is 24.3 Å². The maximum Gasteiger partial charge on any atom is 0.253 e. The molecule has 1 aromatic rings. The second-order valence-electron chi connectivity index (χ2n) is 5.71. The highest BCUT2D eigenvalue weighted by molar-refractivity contribution is 5.96. The summed E-state index contributed by atoms with van der Waals surface area (Å²) in [5, 5.41) is 14.8. The Morgan fingerprint density at radius 1 is 1.12 bits per heavy atom. The van der Waals surface area contributed by atoms with Gasteiger partial charge in [-0.2, -0.15) is 0 Å². The fraction of sp³-hybridized carbons (Fsp3) is 0.438. The highest BCUT2D eigenvalue weighted by atomic mass is 16.2. The molecule has 1 heterocycles. The molecular weight excluding hydrogens is 308 g/mol. The van der Waals surface area contributed by atoms with Crippen molar-refractivity contribution in [2.45, 2.75) is 19.3 Å². The molecule has 1 aliphatic heterocycles. The van der Waals surface area contributed by atoms with Gasteiger partial charge in [-0.3, -0.25) is 20.4 Å². The van der Waals surface area contributed by atoms with Crippen LogP contribution in [0.15, 0.2) is 24.3 Å². The smallest absolute Gasteiger partial charge is 0.253 e. The zero-order chi connectivity index (χ0) is 17.4. The van der Waals surface area contributed by atoms with Crippen molar-refractivity contribution >= 4 is 23.3 Å². The number of nitrogens with one attached hydrogen (secondary N) is 4. The van der Waals surface area contributed by atoms with Gasteiger partial charge < -0.3 is 16.4 Å². The highest BCUT2D eigenvalue weighted by Gasteiger charge is 2.13. The lowest BCUT2D eigenvalue weighted by Crippen LogP contribution is -2.49. The Balaban J connectivity index is 1.68. The summed E-state index contributed by atoms with van der Waals surface area (Å²) in [5.74, 6) is -0.529. The van der Waals surface area contributed by atoms with E-state index in [1.54, 1.807) is 24.3 Å². The second-order valence-corrected chi connectivity index (χ2v) is 5.71. The first-order chi connectivity index (χ1) is 11.5. The Hall–Kier alpha value is -2.61. The number of hydrogen-bond acceptors (Lipinski definition) is 5. The molecule has 1 saturated heterocycles. The van der Waals surface area contributed by atoms with Crippen LogP contribution in [0.2, 0.25) is 0 Å². The van der Waals surface area contributed by atoms with Gasteiger partial charge in [0.15, 0.2) is 0 Å². The van der Waals surface area contributed by atoms with Crippen LogP contribution in [0, 0.1) is 5.41 Å². The lowest BCUT2D eigenvalue weighted by Gasteiger charge is -2.26. The topological polar surface area (TPSA) is 123 Å². The largest absolute Gasteiger partial charge is 0.384 e. The van der Waals surface area contributed by atoms with Gasteiger partial charge in [0.25, 0.3) is 5.91 Å². The van der Waals surface area contributed by atoms with E-state index in [9.17, 15) is 9.59 Å². The number of hydrogen-bond donors (Lipinski definition) is 5. The van der Waals surface area contributed by atoms with Crippen molar-refractivity contribution in [2.75, 3.05) is 31.5 Å². The lowest BCUT2D eigenvalue weighted by molar-refractivity contribution is -0.128. The molecule has 130 valence electrons. The summed E-state index contributed by atoms with van der Waals surface area (Å²) in [6.07, 6.45) is 3.35. The van der Waals surface area contributed by atoms with Crippen molar-refractivity contribution < 1.29 is 9.59 Å². The molecule has 2 amide bonds. The fourth-order valence-electron chi connectivity index (χ4n) is 2.44. The minimum atomic E-state index is -0.281. The van der Waals surface area contributed by atoms with Gasteiger partial charge in [0.05, 0.1) is 13.1 Å². The number of carbonyl (C=O) groups is 2. The van der Waals surface area contributed by atoms with Crippen molar-refractivity contribution in [1.29, 1.82) is 5.41 Å². The van der Waals surface area contributed by atoms with Crippen molar-refractivity contribution in [3.8, 4) is 0 Å². The van der Waals surface area contributed by atoms with Gasteiger partial charge in [-0.1, -0.05) is 18.6 Å². The Labute approximate surface area is 141 Å². The van der Waals surface area contributed by atoms with E-state index in [2.05, 4.69) is 16.1 Å². The second kappa shape index (κ2) is 8.88. The third-order valence-electron chi connectivity index (χ3n) is 3.71. The van der Waals surface area contributed by atoms with Crippen LogP contribution in [0.3, 0.4) is 0 Å². The van der Waals surface area contributed by atoms with E-state index >= 15 is 0 Å². The lowest BCUT2D eigenvalue weighted by atomic mass is 10.2. The summed E-state index contributed by atoms with van der Waals surface area (Å²) in [7, 11) is 0. The number of amides is 2. The molecule has 1 fully saturated rings. The van der Waals surface area contributed by atoms with Gasteiger partial charge in [0.1, 0.15) is 5.84 Å². The number of rotatable bonds is 7. The number of carbonyl (C=O) groups excluding carboxylic acids is 2. The molecule has 1 aliphatic rings. The highest BCUT2D eigenvalue weighted by Crippen LogP contribution is 2.09. The molecule has 2 rings (SSSR count). The predicted molar refractivity (Wildman–Crippen MR) is 92.5 cm³/mol. The summed E-state index contributed by atoms with van der Waals surface area (Å²) in [6.45, 7) is 1.70. The molecule has 8 nitrogen and oxygen atoms in total. The molecule has 8 heteroatoms. The Morgan fingerprint density at radius 3 is 2.58 bits per heavy atom. The van der Waals surface area contributed by atoms with Gasteiger partial charge in [0.2, 0.25) is 5.91 Å². The Morgan fingerprint density at radius 2 is 1.88 bits per heavy atom. The molecular formula is C16H24N6O2. The van der Waals surface area contributed by atoms with Crippen LogP contribution in [0.5, 0.6) is 0 Å². The summed E-state index contributed by atoms with van der Waals surface area (Å²) < 4.78 is 0. The molecule has 0 radical (unpaired) electrons. The zero-order valence-corrected chi connectivity index (χ0v) is 13.6. The number of anilines is 1. The van der Waals surface area contributed by atoms with Crippen LogP contribution < -0.4 is 21.8 Å². The maximum atomic E-state index is 11.8. The van der Waals surface area contributed by atoms with E-state index in [1.165, 1.54) is 6.42 Å². The van der Waals surface area contributed by atoms with Crippen LogP contribution >= 0.6 is 0 Å². The van der Waals surface area contributed by atoms with Crippen molar-refractivity contribution in [2.24, 2.45) is 5.73 Å². The molecule has 1 aromatic carbocycles. The monoisotopic (exact) mass is 332 g/mol. The van der Waals surface area contributed by atoms with E-state index in [1.807, 2.05) is 5.01 Å². The molecule has 0 atom stereocenters. The number of nitrogens with zero attached hydrogens (tertiary/aromatic N) is 1. The zero-order valence-electron chi connectivity index (χ0n) is 13.6. The number of piperidine rings is 1. The van der Waals surface area contributed by atoms with Crippen LogP contribution in [-0.4, -0.2) is 48.8 Å². The van der Waals surface area contributed by atoms with E-state index in [-0.39, 0.29) is 30.7 Å². The van der Waals surface area contributed by atoms with Gasteiger partial charge >= 0.3 is 0 Å². The standard InChI is InChI=1S/C16H24N6O2/c17-16(18)12-5-4-6-13(9-12)19-10-14(23)20-11-15(24)21-22-7-2-1-3-8-22/h4-6,9,19H,1-3,7-8,10-11H2,(H3,17,18)(H,20,23)(H,21,24). The molecule has 0 unspecified atom stereocenters. The first-order valence-electron chi connectivity index (χ1n) is 8.04. The molecule has 24 heavy (non-hydrogen) atoms. The number of nitrogen functional groups attached to an aromatic ring is 1. The van der Waals surface area contributed by atoms with E-state index < -0.39 is 0 Å². The SMILES string of the molecule is N=C(N)c1cccc(NCC(=O)NCC(=O)NN2CCCCC2)c1. The third kappa shape index (κ3) is 5.88. The van der Waals surface area contributed by atoms with Crippen molar-refractivity contribution in [3.63, 3.8) is 0 Å². The van der Waals surface area contributed by atoms with Crippen molar-refractivity contribution in [1.82, 2.24) is 15.8 Å². The van der Waals surface area contributed by atoms with Gasteiger partial charge in [-0.05, 0) is 25.0 Å². The maximum absolute atomic E-state index is 11.8. The van der Waals surface area contributed by atoms with Gasteiger partial charge in [-0.15, -0.1) is 0 Å². The quantitative estimate of drug-likeness (QED) is 0.356. The van der Waals surface area contributed by atoms with E-state index in [4.69, 9.17) is 11.1 Å². The van der Waals surface area contributed by atoms with Crippen molar-refractivity contribution in [3.05, 3.63) is 29.8 Å². The normalized spacial score (nSPS) is 14.7. The summed E-state index contributed by atoms with van der Waals surface area (Å²) in [4.78, 5) is 23.6. The predicted octanol–water partition coefficient (Wildman–Crippen LogP) is 0.0159. The number of benzene rings is 1. The number of hydrazine groups is 1. The average Bonchev–Trinajstić information content (AvgIpc) is 2.59. The van der Waals surface area contributed by atoms with E-state index in [0.717, 1.165) is 25.9 Å². The Bertz CT molecular complexity index is 598. The van der Waals surface area contributed by atoms with E-state index in [0.29, 0.717) is 11.3 Å². The van der Waals surface area contributed by atoms with Crippen LogP contribution in [0.25, 0.3) is 0 Å². The van der Waals surface area contributed by atoms with Crippen LogP contribution in [-0.2, 0) is 9.59 Å². The fourth-order valence-corrected chi connectivity index (χ4v) is 2.44. The molecule has 0 aliphatic carbocycles. The molecule has 0 bridgehead atoms. The average molecular weight is 332 g/mol.